The van der Waals surface area contributed by atoms with Gasteiger partial charge in [0.2, 0.25) is 0 Å². The van der Waals surface area contributed by atoms with Gasteiger partial charge in [-0.25, -0.2) is 9.59 Å². The average Bonchev–Trinajstić information content (AvgIpc) is 2.94. The van der Waals surface area contributed by atoms with Crippen LogP contribution in [0.3, 0.4) is 0 Å². The number of alkyl halides is 3. The number of carboxylic acids is 2. The first-order valence-corrected chi connectivity index (χ1v) is 12.7. The van der Waals surface area contributed by atoms with Gasteiger partial charge in [0.05, 0.1) is 18.3 Å². The van der Waals surface area contributed by atoms with E-state index in [0.29, 0.717) is 5.92 Å². The highest BCUT2D eigenvalue weighted by Gasteiger charge is 2.47. The van der Waals surface area contributed by atoms with Crippen LogP contribution in [0.4, 0.5) is 13.2 Å². The van der Waals surface area contributed by atoms with E-state index < -0.39 is 23.7 Å². The van der Waals surface area contributed by atoms with Crippen LogP contribution in [0.5, 0.6) is 0 Å². The van der Waals surface area contributed by atoms with E-state index in [1.165, 1.54) is 23.3 Å². The number of nitrogens with zero attached hydrogens (tertiary/aromatic N) is 1. The van der Waals surface area contributed by atoms with E-state index in [1.54, 1.807) is 6.07 Å². The zero-order valence-electron chi connectivity index (χ0n) is 21.1. The molecule has 39 heavy (non-hydrogen) atoms. The lowest BCUT2D eigenvalue weighted by molar-refractivity contribution is -0.159. The van der Waals surface area contributed by atoms with Crippen LogP contribution >= 0.6 is 0 Å². The molecule has 2 bridgehead atoms. The Morgan fingerprint density at radius 2 is 1.31 bits per heavy atom. The van der Waals surface area contributed by atoms with Crippen molar-refractivity contribution in [3.8, 4) is 0 Å². The van der Waals surface area contributed by atoms with Crippen molar-refractivity contribution in [2.45, 2.75) is 43.7 Å². The SMILES string of the molecule is FC(F)(F)c1ccccc1CO[C@@H]1C2CCN(CC2)[C@@H]1C(c1ccccc1)c1ccccc1.O=C(O)C(=O)O. The number of hydrogen-bond acceptors (Lipinski definition) is 4. The van der Waals surface area contributed by atoms with Crippen LogP contribution in [0.2, 0.25) is 0 Å². The molecule has 0 aromatic heterocycles. The molecule has 206 valence electrons. The lowest BCUT2D eigenvalue weighted by atomic mass is 9.72. The van der Waals surface area contributed by atoms with Crippen LogP contribution in [0.1, 0.15) is 41.0 Å². The van der Waals surface area contributed by atoms with Crippen LogP contribution in [0.25, 0.3) is 0 Å². The summed E-state index contributed by atoms with van der Waals surface area (Å²) >= 11 is 0. The molecule has 2 N–H and O–H groups in total. The number of halogens is 3. The third-order valence-corrected chi connectivity index (χ3v) is 7.39. The Bertz CT molecular complexity index is 1190. The van der Waals surface area contributed by atoms with E-state index in [-0.39, 0.29) is 30.2 Å². The van der Waals surface area contributed by atoms with Crippen molar-refractivity contribution in [1.29, 1.82) is 0 Å². The zero-order chi connectivity index (χ0) is 28.0. The minimum Gasteiger partial charge on any atom is -0.473 e. The number of piperidine rings is 3. The Morgan fingerprint density at radius 1 is 0.821 bits per heavy atom. The molecule has 9 heteroatoms. The summed E-state index contributed by atoms with van der Waals surface area (Å²) < 4.78 is 47.1. The van der Waals surface area contributed by atoms with Crippen molar-refractivity contribution in [3.63, 3.8) is 0 Å². The van der Waals surface area contributed by atoms with Crippen LogP contribution in [-0.4, -0.2) is 52.3 Å². The molecular weight excluding hydrogens is 511 g/mol. The molecule has 0 spiro atoms. The summed E-state index contributed by atoms with van der Waals surface area (Å²) in [4.78, 5) is 20.7. The maximum atomic E-state index is 13.5. The van der Waals surface area contributed by atoms with Crippen LogP contribution < -0.4 is 0 Å². The van der Waals surface area contributed by atoms with Gasteiger partial charge in [-0.15, -0.1) is 0 Å². The van der Waals surface area contributed by atoms with E-state index >= 15 is 0 Å². The number of rotatable bonds is 6. The zero-order valence-corrected chi connectivity index (χ0v) is 21.1. The van der Waals surface area contributed by atoms with Crippen molar-refractivity contribution in [1.82, 2.24) is 4.90 Å². The van der Waals surface area contributed by atoms with Crippen molar-refractivity contribution in [2.75, 3.05) is 13.1 Å². The molecule has 0 aliphatic carbocycles. The highest BCUT2D eigenvalue weighted by molar-refractivity contribution is 6.27. The van der Waals surface area contributed by atoms with Crippen molar-refractivity contribution in [3.05, 3.63) is 107 Å². The first kappa shape index (κ1) is 28.3. The number of ether oxygens (including phenoxy) is 1. The fourth-order valence-corrected chi connectivity index (χ4v) is 5.68. The summed E-state index contributed by atoms with van der Waals surface area (Å²) in [6.07, 6.45) is -2.46. The summed E-state index contributed by atoms with van der Waals surface area (Å²) in [6, 6.07) is 26.7. The molecule has 3 aromatic rings. The molecule has 2 atom stereocenters. The van der Waals surface area contributed by atoms with Gasteiger partial charge in [-0.2, -0.15) is 13.2 Å². The van der Waals surface area contributed by atoms with E-state index in [2.05, 4.69) is 53.4 Å². The Hall–Kier alpha value is -3.69. The first-order valence-electron chi connectivity index (χ1n) is 12.7. The largest absolute Gasteiger partial charge is 0.473 e. The average molecular weight is 542 g/mol. The molecule has 3 heterocycles. The molecule has 3 aliphatic rings. The van der Waals surface area contributed by atoms with Crippen molar-refractivity contribution < 1.29 is 37.7 Å². The Kier molecular flexibility index (Phi) is 9.04. The second-order valence-electron chi connectivity index (χ2n) is 9.70. The Balaban J connectivity index is 0.000000531. The maximum absolute atomic E-state index is 13.5. The highest BCUT2D eigenvalue weighted by Crippen LogP contribution is 2.44. The lowest BCUT2D eigenvalue weighted by Gasteiger charge is -2.53. The van der Waals surface area contributed by atoms with Gasteiger partial charge in [-0.05, 0) is 54.6 Å². The van der Waals surface area contributed by atoms with Gasteiger partial charge in [0.15, 0.2) is 0 Å². The number of aliphatic carboxylic acids is 2. The molecule has 0 unspecified atom stereocenters. The molecule has 6 rings (SSSR count). The third kappa shape index (κ3) is 6.85. The summed E-state index contributed by atoms with van der Waals surface area (Å²) in [7, 11) is 0. The number of hydrogen-bond donors (Lipinski definition) is 2. The molecule has 3 aliphatic heterocycles. The Morgan fingerprint density at radius 3 is 1.79 bits per heavy atom. The smallest absolute Gasteiger partial charge is 0.416 e. The molecular formula is C30H30F3NO5. The predicted molar refractivity (Wildman–Crippen MR) is 138 cm³/mol. The lowest BCUT2D eigenvalue weighted by Crippen LogP contribution is -2.60. The van der Waals surface area contributed by atoms with Gasteiger partial charge >= 0.3 is 18.1 Å². The quantitative estimate of drug-likeness (QED) is 0.391. The first-order chi connectivity index (χ1) is 18.7. The standard InChI is InChI=1S/C28H28F3NO.C2H2O4/c29-28(30,31)24-14-8-7-13-23(24)19-33-27-22-15-17-32(18-16-22)26(27)25(20-9-3-1-4-10-20)21-11-5-2-6-12-21;3-1(4)2(5)6/h1-14,22,25-27H,15-19H2;(H,3,4)(H,5,6)/t26-,27-;/m1./s1. The summed E-state index contributed by atoms with van der Waals surface area (Å²) in [5.41, 5.74) is 2.03. The van der Waals surface area contributed by atoms with Gasteiger partial charge in [0.1, 0.15) is 0 Å². The Labute approximate surface area is 224 Å². The van der Waals surface area contributed by atoms with Gasteiger partial charge in [-0.3, -0.25) is 4.90 Å². The topological polar surface area (TPSA) is 87.1 Å². The van der Waals surface area contributed by atoms with Crippen molar-refractivity contribution in [2.24, 2.45) is 5.92 Å². The molecule has 0 radical (unpaired) electrons. The minimum atomic E-state index is -4.38. The number of carboxylic acid groups (broad SMARTS) is 2. The normalized spacial score (nSPS) is 22.2. The highest BCUT2D eigenvalue weighted by atomic mass is 19.4. The molecule has 3 aromatic carbocycles. The monoisotopic (exact) mass is 541 g/mol. The second-order valence-corrected chi connectivity index (χ2v) is 9.70. The third-order valence-electron chi connectivity index (χ3n) is 7.39. The molecule has 0 saturated carbocycles. The molecule has 3 saturated heterocycles. The molecule has 0 amide bonds. The van der Waals surface area contributed by atoms with E-state index in [4.69, 9.17) is 24.5 Å². The second kappa shape index (κ2) is 12.4. The summed E-state index contributed by atoms with van der Waals surface area (Å²) in [5, 5.41) is 14.8. The summed E-state index contributed by atoms with van der Waals surface area (Å²) in [6.45, 7) is 1.98. The number of fused-ring (bicyclic) bond motifs is 3. The number of benzene rings is 3. The van der Waals surface area contributed by atoms with Crippen molar-refractivity contribution >= 4 is 11.9 Å². The van der Waals surface area contributed by atoms with E-state index in [0.717, 1.165) is 32.0 Å². The van der Waals surface area contributed by atoms with Crippen LogP contribution in [0.15, 0.2) is 84.9 Å². The molecule has 6 nitrogen and oxygen atoms in total. The van der Waals surface area contributed by atoms with Crippen LogP contribution in [-0.2, 0) is 27.1 Å². The molecule has 3 fully saturated rings. The van der Waals surface area contributed by atoms with Gasteiger partial charge in [-0.1, -0.05) is 78.9 Å². The summed E-state index contributed by atoms with van der Waals surface area (Å²) in [5.74, 6) is -3.20. The minimum absolute atomic E-state index is 0.0303. The fourth-order valence-electron chi connectivity index (χ4n) is 5.68. The van der Waals surface area contributed by atoms with Gasteiger partial charge in [0, 0.05) is 12.0 Å². The van der Waals surface area contributed by atoms with E-state index in [9.17, 15) is 13.2 Å². The number of carbonyl (C=O) groups is 2. The van der Waals surface area contributed by atoms with Crippen LogP contribution in [0, 0.1) is 5.92 Å². The fraction of sp³-hybridized carbons (Fsp3) is 0.333. The predicted octanol–water partition coefficient (Wildman–Crippen LogP) is 5.67. The van der Waals surface area contributed by atoms with E-state index in [1.807, 2.05) is 12.1 Å². The van der Waals surface area contributed by atoms with Gasteiger partial charge < -0.3 is 14.9 Å². The maximum Gasteiger partial charge on any atom is 0.416 e. The van der Waals surface area contributed by atoms with Gasteiger partial charge in [0.25, 0.3) is 0 Å².